The van der Waals surface area contributed by atoms with Crippen LogP contribution in [0.15, 0.2) is 35.1 Å². The van der Waals surface area contributed by atoms with Gasteiger partial charge in [-0.2, -0.15) is 0 Å². The van der Waals surface area contributed by atoms with Crippen LogP contribution in [0.1, 0.15) is 6.92 Å². The Balaban J connectivity index is 1.70. The Bertz CT molecular complexity index is 907. The van der Waals surface area contributed by atoms with Gasteiger partial charge in [-0.15, -0.1) is 10.1 Å². The van der Waals surface area contributed by atoms with Gasteiger partial charge in [0.15, 0.2) is 0 Å². The number of nitrogens with one attached hydrogen (secondary N) is 2. The molecule has 0 fully saturated rings. The summed E-state index contributed by atoms with van der Waals surface area (Å²) >= 11 is 1.14. The highest BCUT2D eigenvalue weighted by Gasteiger charge is 2.11. The van der Waals surface area contributed by atoms with E-state index in [0.717, 1.165) is 17.3 Å². The van der Waals surface area contributed by atoms with Crippen molar-refractivity contribution in [1.29, 1.82) is 0 Å². The van der Waals surface area contributed by atoms with Crippen LogP contribution in [0, 0.1) is 10.1 Å². The van der Waals surface area contributed by atoms with Gasteiger partial charge < -0.3 is 25.0 Å². The highest BCUT2D eigenvalue weighted by molar-refractivity contribution is 7.97. The Morgan fingerprint density at radius 3 is 2.93 bits per heavy atom. The average molecular weight is 440 g/mol. The van der Waals surface area contributed by atoms with Crippen LogP contribution < -0.4 is 15.6 Å². The molecule has 11 nitrogen and oxygen atoms in total. The smallest absolute Gasteiger partial charge is 0.294 e. The molecule has 0 bridgehead atoms. The van der Waals surface area contributed by atoms with Crippen LogP contribution >= 0.6 is 11.9 Å². The maximum Gasteiger partial charge on any atom is 0.294 e. The van der Waals surface area contributed by atoms with E-state index < -0.39 is 11.2 Å². The van der Waals surface area contributed by atoms with E-state index in [0.29, 0.717) is 24.4 Å². The third-order valence-corrected chi connectivity index (χ3v) is 5.01. The molecule has 1 aromatic heterocycles. The van der Waals surface area contributed by atoms with E-state index in [9.17, 15) is 24.8 Å². The Labute approximate surface area is 176 Å². The maximum atomic E-state index is 11.6. The standard InChI is InChI=1S/C18H24N4O7S/c1-13(23)21(30-10-9-29-22(26)27)8-7-19-11-14(24)12-28-17-4-2-3-16-15(17)5-6-18(25)20-16/h2-6,14,19,24H,7-12H2,1H3,(H,20,25). The molecule has 1 amide bonds. The number of carbonyl (C=O) groups excluding carboxylic acids is 1. The van der Waals surface area contributed by atoms with E-state index in [1.165, 1.54) is 17.3 Å². The predicted molar refractivity (Wildman–Crippen MR) is 112 cm³/mol. The van der Waals surface area contributed by atoms with Crippen molar-refractivity contribution in [2.24, 2.45) is 0 Å². The van der Waals surface area contributed by atoms with Gasteiger partial charge in [0.25, 0.3) is 5.09 Å². The highest BCUT2D eigenvalue weighted by Crippen LogP contribution is 2.22. The number of aromatic amines is 1. The van der Waals surface area contributed by atoms with Crippen molar-refractivity contribution in [1.82, 2.24) is 14.6 Å². The molecule has 1 aromatic carbocycles. The topological polar surface area (TPSA) is 147 Å². The van der Waals surface area contributed by atoms with Crippen LogP contribution in [-0.4, -0.2) is 70.1 Å². The molecular formula is C18H24N4O7S. The summed E-state index contributed by atoms with van der Waals surface area (Å²) in [5.41, 5.74) is 0.449. The number of carbonyl (C=O) groups is 1. The summed E-state index contributed by atoms with van der Waals surface area (Å²) in [6, 6.07) is 8.35. The minimum Gasteiger partial charge on any atom is -0.490 e. The van der Waals surface area contributed by atoms with Crippen molar-refractivity contribution in [3.63, 3.8) is 0 Å². The van der Waals surface area contributed by atoms with Gasteiger partial charge in [0.05, 0.1) is 5.52 Å². The van der Waals surface area contributed by atoms with Crippen molar-refractivity contribution in [2.75, 3.05) is 38.6 Å². The molecule has 12 heteroatoms. The van der Waals surface area contributed by atoms with E-state index >= 15 is 0 Å². The summed E-state index contributed by atoms with van der Waals surface area (Å²) in [5, 5.41) is 23.1. The second-order valence-electron chi connectivity index (χ2n) is 6.22. The lowest BCUT2D eigenvalue weighted by atomic mass is 10.2. The zero-order valence-electron chi connectivity index (χ0n) is 16.4. The van der Waals surface area contributed by atoms with Crippen molar-refractivity contribution >= 4 is 28.8 Å². The van der Waals surface area contributed by atoms with E-state index in [1.54, 1.807) is 24.3 Å². The van der Waals surface area contributed by atoms with E-state index in [2.05, 4.69) is 15.1 Å². The largest absolute Gasteiger partial charge is 0.490 e. The second kappa shape index (κ2) is 12.0. The van der Waals surface area contributed by atoms with Gasteiger partial charge >= 0.3 is 0 Å². The summed E-state index contributed by atoms with van der Waals surface area (Å²) in [4.78, 5) is 40.0. The van der Waals surface area contributed by atoms with Gasteiger partial charge in [0, 0.05) is 43.8 Å². The Morgan fingerprint density at radius 1 is 1.40 bits per heavy atom. The van der Waals surface area contributed by atoms with Crippen molar-refractivity contribution in [2.45, 2.75) is 13.0 Å². The molecule has 0 aliphatic carbocycles. The molecule has 1 unspecified atom stereocenters. The summed E-state index contributed by atoms with van der Waals surface area (Å²) in [6.07, 6.45) is -0.782. The van der Waals surface area contributed by atoms with E-state index in [-0.39, 0.29) is 37.0 Å². The SMILES string of the molecule is CC(=O)N(CCNCC(O)COc1cccc2[nH]c(=O)ccc12)SCCO[N+](=O)[O-]. The molecule has 0 spiro atoms. The first-order chi connectivity index (χ1) is 14.4. The zero-order chi connectivity index (χ0) is 21.9. The number of hydrogen-bond acceptors (Lipinski definition) is 9. The molecule has 0 aliphatic heterocycles. The third kappa shape index (κ3) is 7.89. The monoisotopic (exact) mass is 440 g/mol. The summed E-state index contributed by atoms with van der Waals surface area (Å²) in [5.74, 6) is 0.646. The highest BCUT2D eigenvalue weighted by atomic mass is 32.2. The molecule has 1 atom stereocenters. The van der Waals surface area contributed by atoms with E-state index in [4.69, 9.17) is 4.74 Å². The number of aliphatic hydroxyl groups excluding tert-OH is 1. The van der Waals surface area contributed by atoms with Gasteiger partial charge in [-0.1, -0.05) is 6.07 Å². The van der Waals surface area contributed by atoms with Gasteiger partial charge in [-0.05, 0) is 30.1 Å². The number of rotatable bonds is 13. The molecule has 0 saturated carbocycles. The summed E-state index contributed by atoms with van der Waals surface area (Å²) in [6.45, 7) is 2.39. The molecule has 0 aliphatic rings. The Morgan fingerprint density at radius 2 is 2.20 bits per heavy atom. The van der Waals surface area contributed by atoms with Gasteiger partial charge in [0.2, 0.25) is 11.5 Å². The quantitative estimate of drug-likeness (QED) is 0.176. The number of amides is 1. The lowest BCUT2D eigenvalue weighted by Gasteiger charge is -2.20. The second-order valence-corrected chi connectivity index (χ2v) is 7.33. The molecule has 0 saturated heterocycles. The first kappa shape index (κ1) is 23.4. The average Bonchev–Trinajstić information content (AvgIpc) is 2.70. The molecule has 1 heterocycles. The van der Waals surface area contributed by atoms with E-state index in [1.807, 2.05) is 0 Å². The van der Waals surface area contributed by atoms with Crippen LogP contribution in [0.5, 0.6) is 5.75 Å². The number of pyridine rings is 1. The number of nitrogens with zero attached hydrogens (tertiary/aromatic N) is 2. The van der Waals surface area contributed by atoms with Gasteiger partial charge in [-0.25, -0.2) is 0 Å². The van der Waals surface area contributed by atoms with Crippen LogP contribution in [0.4, 0.5) is 0 Å². The first-order valence-corrected chi connectivity index (χ1v) is 10.1. The molecule has 2 aromatic rings. The number of aromatic nitrogens is 1. The lowest BCUT2D eigenvalue weighted by molar-refractivity contribution is -0.756. The first-order valence-electron chi connectivity index (χ1n) is 9.19. The Hall–Kier alpha value is -2.83. The minimum absolute atomic E-state index is 0.0502. The third-order valence-electron chi connectivity index (χ3n) is 3.91. The fourth-order valence-electron chi connectivity index (χ4n) is 2.55. The molecule has 2 rings (SSSR count). The predicted octanol–water partition coefficient (Wildman–Crippen LogP) is 0.562. The molecule has 3 N–H and O–H groups in total. The number of benzene rings is 1. The molecular weight excluding hydrogens is 416 g/mol. The lowest BCUT2D eigenvalue weighted by Crippen LogP contribution is -2.36. The van der Waals surface area contributed by atoms with Gasteiger partial charge in [-0.3, -0.25) is 13.9 Å². The van der Waals surface area contributed by atoms with Crippen molar-refractivity contribution in [3.8, 4) is 5.75 Å². The van der Waals surface area contributed by atoms with Gasteiger partial charge in [0.1, 0.15) is 25.1 Å². The van der Waals surface area contributed by atoms with Crippen LogP contribution in [-0.2, 0) is 9.63 Å². The fourth-order valence-corrected chi connectivity index (χ4v) is 3.32. The number of fused-ring (bicyclic) bond motifs is 1. The molecule has 164 valence electrons. The van der Waals surface area contributed by atoms with Crippen LogP contribution in [0.25, 0.3) is 10.9 Å². The number of aliphatic hydroxyl groups is 1. The minimum atomic E-state index is -0.874. The fraction of sp³-hybridized carbons (Fsp3) is 0.444. The summed E-state index contributed by atoms with van der Waals surface area (Å²) < 4.78 is 7.14. The molecule has 30 heavy (non-hydrogen) atoms. The maximum absolute atomic E-state index is 11.6. The Kier molecular flexibility index (Phi) is 9.38. The van der Waals surface area contributed by atoms with Crippen molar-refractivity contribution < 1.29 is 24.6 Å². The zero-order valence-corrected chi connectivity index (χ0v) is 17.2. The summed E-state index contributed by atoms with van der Waals surface area (Å²) in [7, 11) is 0. The number of ether oxygens (including phenoxy) is 1. The normalized spacial score (nSPS) is 11.8. The molecule has 0 radical (unpaired) electrons. The van der Waals surface area contributed by atoms with Crippen LogP contribution in [0.2, 0.25) is 0 Å². The number of hydrogen-bond donors (Lipinski definition) is 3. The van der Waals surface area contributed by atoms with Crippen LogP contribution in [0.3, 0.4) is 0 Å². The number of H-pyrrole nitrogens is 1. The van der Waals surface area contributed by atoms with Crippen molar-refractivity contribution in [3.05, 3.63) is 50.8 Å².